The van der Waals surface area contributed by atoms with Gasteiger partial charge >= 0.3 is 0 Å². The zero-order chi connectivity index (χ0) is 19.8. The van der Waals surface area contributed by atoms with Gasteiger partial charge in [0.2, 0.25) is 0 Å². The third-order valence-corrected chi connectivity index (χ3v) is 4.58. The minimum absolute atomic E-state index is 0.322. The lowest BCUT2D eigenvalue weighted by atomic mass is 10.3. The molecule has 0 amide bonds. The molecular weight excluding hydrogens is 410 g/mol. The molecule has 1 N–H and O–H groups in total. The number of hydrogen-bond donors (Lipinski definition) is 1. The summed E-state index contributed by atoms with van der Waals surface area (Å²) >= 11 is 3.28. The molecule has 0 saturated carbocycles. The van der Waals surface area contributed by atoms with Gasteiger partial charge < -0.3 is 10.0 Å². The van der Waals surface area contributed by atoms with E-state index in [1.807, 2.05) is 18.2 Å². The Morgan fingerprint density at radius 3 is 2.08 bits per heavy atom. The lowest BCUT2D eigenvalue weighted by molar-refractivity contribution is 0.360. The first-order valence-corrected chi connectivity index (χ1v) is 11.3. The number of phenolic OH excluding ortho intramolecular Hbond substituents is 1. The van der Waals surface area contributed by atoms with Gasteiger partial charge in [-0.1, -0.05) is 67.4 Å². The quantitative estimate of drug-likeness (QED) is 0.454. The number of unbranched alkanes of at least 4 members (excludes halogenated alkanes) is 2. The van der Waals surface area contributed by atoms with E-state index in [-0.39, 0.29) is 0 Å². The molecule has 1 aromatic rings. The third kappa shape index (κ3) is 13.9. The molecule has 0 spiro atoms. The summed E-state index contributed by atoms with van der Waals surface area (Å²) in [6.07, 6.45) is 12.3. The van der Waals surface area contributed by atoms with Crippen molar-refractivity contribution in [2.24, 2.45) is 0 Å². The van der Waals surface area contributed by atoms with Crippen LogP contribution in [0.2, 0.25) is 0 Å². The maximum Gasteiger partial charge on any atom is 0.115 e. The largest absolute Gasteiger partial charge is 0.508 e. The van der Waals surface area contributed by atoms with Crippen LogP contribution in [0.15, 0.2) is 64.7 Å². The summed E-state index contributed by atoms with van der Waals surface area (Å²) in [7, 11) is -0.995. The van der Waals surface area contributed by atoms with Crippen molar-refractivity contribution in [2.45, 2.75) is 39.5 Å². The van der Waals surface area contributed by atoms with Gasteiger partial charge in [0.15, 0.2) is 0 Å². The highest BCUT2D eigenvalue weighted by atomic mass is 79.9. The van der Waals surface area contributed by atoms with E-state index in [0.717, 1.165) is 22.5 Å². The Bertz CT molecular complexity index is 577. The van der Waals surface area contributed by atoms with E-state index in [2.05, 4.69) is 47.5 Å². The van der Waals surface area contributed by atoms with E-state index in [1.165, 1.54) is 25.7 Å². The van der Waals surface area contributed by atoms with Gasteiger partial charge in [0.05, 0.1) is 0 Å². The van der Waals surface area contributed by atoms with Crippen molar-refractivity contribution in [3.05, 3.63) is 64.7 Å². The SMILES string of the molecule is C=C(Br)/C=C(\C=C\N(CCCC)CCCC)S(C)=O.Oc1ccccc1. The second-order valence-electron chi connectivity index (χ2n) is 5.84. The van der Waals surface area contributed by atoms with Crippen molar-refractivity contribution in [3.8, 4) is 5.75 Å². The van der Waals surface area contributed by atoms with Crippen molar-refractivity contribution < 1.29 is 9.32 Å². The molecule has 0 radical (unpaired) electrons. The Hall–Kier alpha value is -1.33. The number of para-hydroxylation sites is 1. The van der Waals surface area contributed by atoms with Gasteiger partial charge in [0.1, 0.15) is 5.75 Å². The molecule has 3 nitrogen and oxygen atoms in total. The monoisotopic (exact) mass is 441 g/mol. The average Bonchev–Trinajstić information content (AvgIpc) is 2.60. The van der Waals surface area contributed by atoms with Crippen LogP contribution in [0.3, 0.4) is 0 Å². The topological polar surface area (TPSA) is 40.5 Å². The standard InChI is InChI=1S/C15H26BrNOS.C6H6O/c1-5-7-10-17(11-8-6-2)12-9-15(19(4)18)13-14(3)16;7-6-4-2-1-3-5-6/h9,12-13H,3,5-8,10-11H2,1-2,4H3;1-5,7H/b12-9+,15-13+;. The number of aromatic hydroxyl groups is 1. The summed E-state index contributed by atoms with van der Waals surface area (Å²) in [4.78, 5) is 3.10. The van der Waals surface area contributed by atoms with E-state index >= 15 is 0 Å². The second kappa shape index (κ2) is 15.9. The molecular formula is C21H32BrNO2S. The molecule has 1 unspecified atom stereocenters. The zero-order valence-corrected chi connectivity index (χ0v) is 18.6. The van der Waals surface area contributed by atoms with Crippen LogP contribution in [0, 0.1) is 0 Å². The van der Waals surface area contributed by atoms with Crippen LogP contribution >= 0.6 is 15.9 Å². The molecule has 1 atom stereocenters. The summed E-state index contributed by atoms with van der Waals surface area (Å²) in [5.74, 6) is 0.322. The number of hydrogen-bond acceptors (Lipinski definition) is 3. The van der Waals surface area contributed by atoms with E-state index < -0.39 is 10.8 Å². The van der Waals surface area contributed by atoms with Gasteiger partial charge in [-0.2, -0.15) is 0 Å². The lowest BCUT2D eigenvalue weighted by Crippen LogP contribution is -2.19. The predicted octanol–water partition coefficient (Wildman–Crippen LogP) is 5.97. The fraction of sp³-hybridized carbons (Fsp3) is 0.429. The fourth-order valence-electron chi connectivity index (χ4n) is 1.97. The zero-order valence-electron chi connectivity index (χ0n) is 16.2. The average molecular weight is 442 g/mol. The number of phenols is 1. The lowest BCUT2D eigenvalue weighted by Gasteiger charge is -2.19. The Balaban J connectivity index is 0.000000735. The highest BCUT2D eigenvalue weighted by molar-refractivity contribution is 9.11. The van der Waals surface area contributed by atoms with Gasteiger partial charge in [0, 0.05) is 45.7 Å². The molecule has 0 aliphatic heterocycles. The molecule has 5 heteroatoms. The summed E-state index contributed by atoms with van der Waals surface area (Å²) in [6, 6.07) is 8.71. The normalized spacial score (nSPS) is 12.4. The van der Waals surface area contributed by atoms with Gasteiger partial charge in [-0.15, -0.1) is 0 Å². The van der Waals surface area contributed by atoms with E-state index in [0.29, 0.717) is 5.75 Å². The first-order chi connectivity index (χ1) is 12.4. The molecule has 146 valence electrons. The van der Waals surface area contributed by atoms with Crippen LogP contribution in [0.4, 0.5) is 0 Å². The predicted molar refractivity (Wildman–Crippen MR) is 119 cm³/mol. The number of rotatable bonds is 10. The number of allylic oxidation sites excluding steroid dienone is 3. The smallest absolute Gasteiger partial charge is 0.115 e. The molecule has 1 aromatic carbocycles. The first-order valence-electron chi connectivity index (χ1n) is 8.96. The van der Waals surface area contributed by atoms with Crippen molar-refractivity contribution in [3.63, 3.8) is 0 Å². The minimum atomic E-state index is -0.995. The fourth-order valence-corrected chi connectivity index (χ4v) is 2.93. The van der Waals surface area contributed by atoms with Crippen molar-refractivity contribution in [2.75, 3.05) is 19.3 Å². The molecule has 0 aliphatic carbocycles. The highest BCUT2D eigenvalue weighted by Gasteiger charge is 2.01. The molecule has 0 heterocycles. The van der Waals surface area contributed by atoms with Crippen LogP contribution in [0.5, 0.6) is 5.75 Å². The van der Waals surface area contributed by atoms with Gasteiger partial charge in [0.25, 0.3) is 0 Å². The summed E-state index contributed by atoms with van der Waals surface area (Å²) in [5.41, 5.74) is 0. The van der Waals surface area contributed by atoms with E-state index in [4.69, 9.17) is 5.11 Å². The van der Waals surface area contributed by atoms with Gasteiger partial charge in [-0.25, -0.2) is 0 Å². The molecule has 26 heavy (non-hydrogen) atoms. The Kier molecular flexibility index (Phi) is 15.1. The summed E-state index contributed by atoms with van der Waals surface area (Å²) < 4.78 is 12.4. The maximum atomic E-state index is 11.6. The minimum Gasteiger partial charge on any atom is -0.508 e. The van der Waals surface area contributed by atoms with Crippen LogP contribution in [-0.4, -0.2) is 33.6 Å². The Labute approximate surface area is 170 Å². The van der Waals surface area contributed by atoms with Crippen LogP contribution in [-0.2, 0) is 10.8 Å². The highest BCUT2D eigenvalue weighted by Crippen LogP contribution is 2.12. The Morgan fingerprint density at radius 1 is 1.19 bits per heavy atom. The summed E-state index contributed by atoms with van der Waals surface area (Å²) in [6.45, 7) is 10.3. The second-order valence-corrected chi connectivity index (χ2v) is 8.24. The summed E-state index contributed by atoms with van der Waals surface area (Å²) in [5, 5.41) is 8.63. The maximum absolute atomic E-state index is 11.6. The Morgan fingerprint density at radius 2 is 1.73 bits per heavy atom. The van der Waals surface area contributed by atoms with Crippen molar-refractivity contribution in [1.82, 2.24) is 4.90 Å². The van der Waals surface area contributed by atoms with E-state index in [1.54, 1.807) is 30.5 Å². The van der Waals surface area contributed by atoms with E-state index in [9.17, 15) is 4.21 Å². The molecule has 1 rings (SSSR count). The number of halogens is 1. The van der Waals surface area contributed by atoms with Crippen molar-refractivity contribution >= 4 is 26.7 Å². The first kappa shape index (κ1) is 24.7. The van der Waals surface area contributed by atoms with Crippen LogP contribution in [0.1, 0.15) is 39.5 Å². The molecule has 0 bridgehead atoms. The molecule has 0 saturated heterocycles. The van der Waals surface area contributed by atoms with Gasteiger partial charge in [-0.3, -0.25) is 4.21 Å². The molecule has 0 aromatic heterocycles. The van der Waals surface area contributed by atoms with Crippen LogP contribution < -0.4 is 0 Å². The van der Waals surface area contributed by atoms with Crippen LogP contribution in [0.25, 0.3) is 0 Å². The molecule has 0 aliphatic rings. The number of benzene rings is 1. The molecule has 0 fully saturated rings. The van der Waals surface area contributed by atoms with Crippen molar-refractivity contribution in [1.29, 1.82) is 0 Å². The number of nitrogens with zero attached hydrogens (tertiary/aromatic N) is 1. The third-order valence-electron chi connectivity index (χ3n) is 3.43. The van der Waals surface area contributed by atoms with Gasteiger partial charge in [-0.05, 0) is 37.1 Å².